The van der Waals surface area contributed by atoms with Crippen molar-refractivity contribution in [2.24, 2.45) is 0 Å². The highest BCUT2D eigenvalue weighted by atomic mass is 16.2. The molecule has 0 aromatic carbocycles. The second kappa shape index (κ2) is 4.96. The van der Waals surface area contributed by atoms with Gasteiger partial charge >= 0.3 is 6.03 Å². The van der Waals surface area contributed by atoms with Crippen LogP contribution in [0.5, 0.6) is 0 Å². The zero-order valence-corrected chi connectivity index (χ0v) is 10.6. The number of hydrogen-bond donors (Lipinski definition) is 2. The molecule has 6 heteroatoms. The average Bonchev–Trinajstić information content (AvgIpc) is 2.56. The Morgan fingerprint density at radius 3 is 2.61 bits per heavy atom. The molecule has 0 aromatic rings. The monoisotopic (exact) mass is 253 g/mol. The average molecular weight is 253 g/mol. The molecular formula is C12H19N3O3. The van der Waals surface area contributed by atoms with Crippen LogP contribution >= 0.6 is 0 Å². The van der Waals surface area contributed by atoms with Gasteiger partial charge in [0, 0.05) is 6.54 Å². The summed E-state index contributed by atoms with van der Waals surface area (Å²) < 4.78 is 0. The molecule has 1 spiro atoms. The lowest BCUT2D eigenvalue weighted by Gasteiger charge is -2.37. The van der Waals surface area contributed by atoms with Crippen LogP contribution in [0.1, 0.15) is 39.0 Å². The van der Waals surface area contributed by atoms with E-state index in [-0.39, 0.29) is 18.4 Å². The van der Waals surface area contributed by atoms with Crippen LogP contribution in [0.3, 0.4) is 0 Å². The minimum Gasteiger partial charge on any atom is -0.355 e. The minimum absolute atomic E-state index is 0.0363. The number of likely N-dealkylation sites (N-methyl/N-ethyl adjacent to an activating group) is 1. The van der Waals surface area contributed by atoms with E-state index < -0.39 is 11.6 Å². The fourth-order valence-corrected chi connectivity index (χ4v) is 2.85. The molecule has 100 valence electrons. The van der Waals surface area contributed by atoms with E-state index >= 15 is 0 Å². The first-order chi connectivity index (χ1) is 8.60. The minimum atomic E-state index is -0.777. The summed E-state index contributed by atoms with van der Waals surface area (Å²) in [5.41, 5.74) is -0.777. The Balaban J connectivity index is 2.16. The van der Waals surface area contributed by atoms with Crippen LogP contribution in [0, 0.1) is 0 Å². The summed E-state index contributed by atoms with van der Waals surface area (Å²) in [6.07, 6.45) is 4.24. The molecule has 1 aliphatic carbocycles. The first-order valence-electron chi connectivity index (χ1n) is 6.50. The van der Waals surface area contributed by atoms with Crippen molar-refractivity contribution in [2.45, 2.75) is 44.6 Å². The van der Waals surface area contributed by atoms with Crippen molar-refractivity contribution < 1.29 is 14.4 Å². The summed E-state index contributed by atoms with van der Waals surface area (Å²) in [5, 5.41) is 5.00. The second-order valence-electron chi connectivity index (χ2n) is 4.89. The molecular weight excluding hydrogens is 234 g/mol. The maximum atomic E-state index is 12.0. The van der Waals surface area contributed by atoms with Crippen LogP contribution in [0.2, 0.25) is 0 Å². The van der Waals surface area contributed by atoms with Crippen molar-refractivity contribution in [3.05, 3.63) is 0 Å². The molecule has 1 saturated heterocycles. The molecule has 0 atom stereocenters. The summed E-state index contributed by atoms with van der Waals surface area (Å²) in [7, 11) is 0. The molecule has 6 nitrogen and oxygen atoms in total. The van der Waals surface area contributed by atoms with E-state index in [1.165, 1.54) is 4.90 Å². The van der Waals surface area contributed by atoms with Gasteiger partial charge in [0.15, 0.2) is 0 Å². The summed E-state index contributed by atoms with van der Waals surface area (Å²) in [5.74, 6) is -0.455. The topological polar surface area (TPSA) is 78.5 Å². The number of carbonyl (C=O) groups is 3. The Morgan fingerprint density at radius 2 is 2.00 bits per heavy atom. The Bertz CT molecular complexity index is 375. The Kier molecular flexibility index (Phi) is 3.54. The van der Waals surface area contributed by atoms with Gasteiger partial charge in [-0.25, -0.2) is 4.79 Å². The molecule has 2 rings (SSSR count). The number of nitrogens with zero attached hydrogens (tertiary/aromatic N) is 1. The molecule has 18 heavy (non-hydrogen) atoms. The zero-order chi connectivity index (χ0) is 13.2. The Hall–Kier alpha value is -1.59. The van der Waals surface area contributed by atoms with Gasteiger partial charge in [0.2, 0.25) is 5.91 Å². The van der Waals surface area contributed by atoms with Gasteiger partial charge in [-0.3, -0.25) is 14.9 Å². The molecule has 0 aromatic heterocycles. The number of hydrogen-bond acceptors (Lipinski definition) is 3. The fraction of sp³-hybridized carbons (Fsp3) is 0.750. The molecule has 2 fully saturated rings. The quantitative estimate of drug-likeness (QED) is 0.714. The predicted molar refractivity (Wildman–Crippen MR) is 64.7 cm³/mol. The summed E-state index contributed by atoms with van der Waals surface area (Å²) >= 11 is 0. The number of imide groups is 1. The van der Waals surface area contributed by atoms with Crippen molar-refractivity contribution in [3.8, 4) is 0 Å². The lowest BCUT2D eigenvalue weighted by atomic mass is 9.80. The molecule has 1 heterocycles. The van der Waals surface area contributed by atoms with Gasteiger partial charge in [0.05, 0.1) is 0 Å². The van der Waals surface area contributed by atoms with Gasteiger partial charge < -0.3 is 10.2 Å². The number of nitrogens with one attached hydrogen (secondary N) is 2. The fourth-order valence-electron chi connectivity index (χ4n) is 2.85. The SMILES string of the molecule is CCNC(=O)CN1C(=O)NC(=O)C12CCCCC2. The van der Waals surface area contributed by atoms with Crippen molar-refractivity contribution in [1.29, 1.82) is 0 Å². The first-order valence-corrected chi connectivity index (χ1v) is 6.50. The summed E-state index contributed by atoms with van der Waals surface area (Å²) in [4.78, 5) is 36.9. The standard InChI is InChI=1S/C12H19N3O3/c1-2-13-9(16)8-15-11(18)14-10(17)12(15)6-4-3-5-7-12/h2-8H2,1H3,(H,13,16)(H,14,17,18). The van der Waals surface area contributed by atoms with E-state index in [1.807, 2.05) is 6.92 Å². The first kappa shape index (κ1) is 12.9. The summed E-state index contributed by atoms with van der Waals surface area (Å²) in [6.45, 7) is 2.31. The van der Waals surface area contributed by atoms with Crippen LogP contribution in [0.25, 0.3) is 0 Å². The van der Waals surface area contributed by atoms with E-state index in [0.717, 1.165) is 19.3 Å². The summed E-state index contributed by atoms with van der Waals surface area (Å²) in [6, 6.07) is -0.437. The molecule has 0 bridgehead atoms. The van der Waals surface area contributed by atoms with Crippen molar-refractivity contribution in [3.63, 3.8) is 0 Å². The van der Waals surface area contributed by atoms with Crippen LogP contribution in [-0.4, -0.2) is 41.4 Å². The van der Waals surface area contributed by atoms with Crippen LogP contribution < -0.4 is 10.6 Å². The lowest BCUT2D eigenvalue weighted by Crippen LogP contribution is -2.53. The maximum absolute atomic E-state index is 12.0. The largest absolute Gasteiger partial charge is 0.355 e. The third kappa shape index (κ3) is 2.07. The zero-order valence-electron chi connectivity index (χ0n) is 10.6. The number of rotatable bonds is 3. The number of urea groups is 1. The van der Waals surface area contributed by atoms with Crippen molar-refractivity contribution in [1.82, 2.24) is 15.5 Å². The molecule has 2 N–H and O–H groups in total. The van der Waals surface area contributed by atoms with Crippen LogP contribution in [0.4, 0.5) is 4.79 Å². The molecule has 1 saturated carbocycles. The van der Waals surface area contributed by atoms with E-state index in [9.17, 15) is 14.4 Å². The molecule has 0 radical (unpaired) electrons. The van der Waals surface area contributed by atoms with Gasteiger partial charge in [0.25, 0.3) is 5.91 Å². The van der Waals surface area contributed by atoms with Crippen LogP contribution in [-0.2, 0) is 9.59 Å². The maximum Gasteiger partial charge on any atom is 0.325 e. The number of carbonyl (C=O) groups excluding carboxylic acids is 3. The van der Waals surface area contributed by atoms with Gasteiger partial charge in [-0.05, 0) is 19.8 Å². The van der Waals surface area contributed by atoms with E-state index in [1.54, 1.807) is 0 Å². The lowest BCUT2D eigenvalue weighted by molar-refractivity contribution is -0.130. The highest BCUT2D eigenvalue weighted by molar-refractivity contribution is 6.08. The predicted octanol–water partition coefficient (Wildman–Crippen LogP) is 0.377. The van der Waals surface area contributed by atoms with Crippen molar-refractivity contribution in [2.75, 3.05) is 13.1 Å². The smallest absolute Gasteiger partial charge is 0.325 e. The normalized spacial score (nSPS) is 22.2. The highest BCUT2D eigenvalue weighted by Gasteiger charge is 2.53. The molecule has 2 aliphatic rings. The van der Waals surface area contributed by atoms with Crippen LogP contribution in [0.15, 0.2) is 0 Å². The van der Waals surface area contributed by atoms with Crippen molar-refractivity contribution >= 4 is 17.8 Å². The molecule has 4 amide bonds. The van der Waals surface area contributed by atoms with E-state index in [2.05, 4.69) is 10.6 Å². The molecule has 1 aliphatic heterocycles. The molecule has 0 unspecified atom stereocenters. The van der Waals surface area contributed by atoms with Gasteiger partial charge in [-0.1, -0.05) is 19.3 Å². The highest BCUT2D eigenvalue weighted by Crippen LogP contribution is 2.36. The second-order valence-corrected chi connectivity index (χ2v) is 4.89. The third-order valence-electron chi connectivity index (χ3n) is 3.76. The van der Waals surface area contributed by atoms with Gasteiger partial charge in [-0.15, -0.1) is 0 Å². The Labute approximate surface area is 106 Å². The van der Waals surface area contributed by atoms with E-state index in [4.69, 9.17) is 0 Å². The number of amides is 4. The van der Waals surface area contributed by atoms with Gasteiger partial charge in [-0.2, -0.15) is 0 Å². The van der Waals surface area contributed by atoms with E-state index in [0.29, 0.717) is 19.4 Å². The Morgan fingerprint density at radius 1 is 1.33 bits per heavy atom. The van der Waals surface area contributed by atoms with Gasteiger partial charge in [0.1, 0.15) is 12.1 Å². The third-order valence-corrected chi connectivity index (χ3v) is 3.76.